The van der Waals surface area contributed by atoms with Gasteiger partial charge < -0.3 is 10.1 Å². The van der Waals surface area contributed by atoms with Crippen LogP contribution in [-0.4, -0.2) is 18.5 Å². The van der Waals surface area contributed by atoms with Crippen LogP contribution >= 0.6 is 0 Å². The fourth-order valence-corrected chi connectivity index (χ4v) is 4.02. The minimum absolute atomic E-state index is 0.336. The average molecular weight is 412 g/mol. The van der Waals surface area contributed by atoms with Crippen molar-refractivity contribution in [3.8, 4) is 0 Å². The number of amides is 1. The second-order valence-electron chi connectivity index (χ2n) is 7.48. The van der Waals surface area contributed by atoms with Gasteiger partial charge in [-0.3, -0.25) is 4.79 Å². The Bertz CT molecular complexity index is 1200. The molecular formula is C27H25NO3. The summed E-state index contributed by atoms with van der Waals surface area (Å²) in [6.07, 6.45) is 1.62. The van der Waals surface area contributed by atoms with Crippen molar-refractivity contribution in [2.45, 2.75) is 26.7 Å². The summed E-state index contributed by atoms with van der Waals surface area (Å²) in [6, 6.07) is 23.5. The minimum Gasteiger partial charge on any atom is -0.452 e. The van der Waals surface area contributed by atoms with Crippen molar-refractivity contribution < 1.29 is 14.3 Å². The minimum atomic E-state index is -0.498. The number of rotatable bonds is 6. The molecule has 4 nitrogen and oxygen atoms in total. The van der Waals surface area contributed by atoms with Gasteiger partial charge >= 0.3 is 5.97 Å². The summed E-state index contributed by atoms with van der Waals surface area (Å²) >= 11 is 0. The molecule has 0 heterocycles. The molecular weight excluding hydrogens is 386 g/mol. The summed E-state index contributed by atoms with van der Waals surface area (Å²) in [6.45, 7) is 3.77. The van der Waals surface area contributed by atoms with Gasteiger partial charge in [-0.2, -0.15) is 0 Å². The first-order valence-corrected chi connectivity index (χ1v) is 10.6. The molecule has 0 saturated heterocycles. The van der Waals surface area contributed by atoms with Crippen molar-refractivity contribution >= 4 is 39.1 Å². The Labute approximate surface area is 181 Å². The second-order valence-corrected chi connectivity index (χ2v) is 7.48. The molecule has 0 aliphatic rings. The Morgan fingerprint density at radius 2 is 1.32 bits per heavy atom. The lowest BCUT2D eigenvalue weighted by molar-refractivity contribution is -0.119. The second kappa shape index (κ2) is 9.00. The molecule has 1 N–H and O–H groups in total. The van der Waals surface area contributed by atoms with Crippen LogP contribution in [-0.2, 0) is 22.4 Å². The number of anilines is 1. The molecule has 4 aromatic rings. The molecule has 156 valence electrons. The highest BCUT2D eigenvalue weighted by molar-refractivity contribution is 6.16. The van der Waals surface area contributed by atoms with E-state index >= 15 is 0 Å². The third-order valence-electron chi connectivity index (χ3n) is 5.57. The number of para-hydroxylation sites is 1. The summed E-state index contributed by atoms with van der Waals surface area (Å²) < 4.78 is 5.47. The molecule has 0 bridgehead atoms. The Morgan fingerprint density at radius 3 is 1.87 bits per heavy atom. The normalized spacial score (nSPS) is 10.9. The van der Waals surface area contributed by atoms with Crippen molar-refractivity contribution in [1.82, 2.24) is 0 Å². The molecule has 0 fully saturated rings. The van der Waals surface area contributed by atoms with E-state index in [0.717, 1.165) is 51.2 Å². The van der Waals surface area contributed by atoms with E-state index in [0.29, 0.717) is 5.56 Å². The fraction of sp³-hybridized carbons (Fsp3) is 0.185. The Hall–Kier alpha value is -3.66. The van der Waals surface area contributed by atoms with E-state index in [2.05, 4.69) is 25.2 Å². The van der Waals surface area contributed by atoms with Crippen LogP contribution in [0.2, 0.25) is 0 Å². The first-order valence-electron chi connectivity index (χ1n) is 10.6. The van der Waals surface area contributed by atoms with E-state index in [-0.39, 0.29) is 12.5 Å². The molecule has 31 heavy (non-hydrogen) atoms. The number of hydrogen-bond donors (Lipinski definition) is 1. The van der Waals surface area contributed by atoms with Crippen LogP contribution in [0, 0.1) is 0 Å². The maximum absolute atomic E-state index is 13.1. The number of aryl methyl sites for hydroxylation is 2. The number of esters is 1. The third kappa shape index (κ3) is 4.15. The highest BCUT2D eigenvalue weighted by Gasteiger charge is 2.18. The highest BCUT2D eigenvalue weighted by atomic mass is 16.5. The quantitative estimate of drug-likeness (QED) is 0.317. The zero-order valence-corrected chi connectivity index (χ0v) is 17.8. The maximum atomic E-state index is 13.1. The lowest BCUT2D eigenvalue weighted by Crippen LogP contribution is -2.22. The first kappa shape index (κ1) is 20.6. The molecule has 0 aromatic heterocycles. The number of hydrogen-bond acceptors (Lipinski definition) is 3. The number of carbonyl (C=O) groups excluding carboxylic acids is 2. The standard InChI is InChI=1S/C27H25NO3/c1-3-18-12-9-13-19(4-2)26(18)28-24(29)17-31-27(30)25-22-14-7-5-10-20(22)16-21-11-6-8-15-23(21)25/h5-16H,3-4,17H2,1-2H3,(H,28,29). The van der Waals surface area contributed by atoms with Crippen molar-refractivity contribution in [3.63, 3.8) is 0 Å². The predicted molar refractivity (Wildman–Crippen MR) is 126 cm³/mol. The van der Waals surface area contributed by atoms with E-state index in [1.165, 1.54) is 0 Å². The number of carbonyl (C=O) groups is 2. The molecule has 0 radical (unpaired) electrons. The Balaban J connectivity index is 1.58. The molecule has 4 aromatic carbocycles. The average Bonchev–Trinajstić information content (AvgIpc) is 2.81. The molecule has 0 aliphatic carbocycles. The van der Waals surface area contributed by atoms with E-state index in [1.807, 2.05) is 66.7 Å². The van der Waals surface area contributed by atoms with Crippen LogP contribution in [0.3, 0.4) is 0 Å². The zero-order chi connectivity index (χ0) is 21.8. The monoisotopic (exact) mass is 411 g/mol. The summed E-state index contributed by atoms with van der Waals surface area (Å²) in [5.41, 5.74) is 3.45. The first-order chi connectivity index (χ1) is 15.1. The smallest absolute Gasteiger partial charge is 0.339 e. The van der Waals surface area contributed by atoms with Gasteiger partial charge in [0.1, 0.15) is 0 Å². The summed E-state index contributed by atoms with van der Waals surface area (Å²) in [7, 11) is 0. The van der Waals surface area contributed by atoms with Gasteiger partial charge in [0.25, 0.3) is 5.91 Å². The summed E-state index contributed by atoms with van der Waals surface area (Å²) in [5.74, 6) is -0.837. The third-order valence-corrected chi connectivity index (χ3v) is 5.57. The predicted octanol–water partition coefficient (Wildman–Crippen LogP) is 5.91. The van der Waals surface area contributed by atoms with E-state index < -0.39 is 5.97 Å². The summed E-state index contributed by atoms with van der Waals surface area (Å²) in [4.78, 5) is 25.7. The molecule has 0 aliphatic heterocycles. The van der Waals surface area contributed by atoms with Gasteiger partial charge in [0, 0.05) is 5.69 Å². The Morgan fingerprint density at radius 1 is 0.774 bits per heavy atom. The van der Waals surface area contributed by atoms with Crippen LogP contribution in [0.4, 0.5) is 5.69 Å². The van der Waals surface area contributed by atoms with Crippen LogP contribution < -0.4 is 5.32 Å². The molecule has 0 unspecified atom stereocenters. The molecule has 0 saturated carbocycles. The number of fused-ring (bicyclic) bond motifs is 2. The van der Waals surface area contributed by atoms with Crippen molar-refractivity contribution in [2.75, 3.05) is 11.9 Å². The molecule has 1 amide bonds. The maximum Gasteiger partial charge on any atom is 0.339 e. The van der Waals surface area contributed by atoms with Crippen LogP contribution in [0.1, 0.15) is 35.3 Å². The van der Waals surface area contributed by atoms with E-state index in [4.69, 9.17) is 4.74 Å². The zero-order valence-electron chi connectivity index (χ0n) is 17.8. The number of ether oxygens (including phenoxy) is 1. The lowest BCUT2D eigenvalue weighted by atomic mass is 9.97. The Kier molecular flexibility index (Phi) is 5.99. The van der Waals surface area contributed by atoms with Gasteiger partial charge in [-0.05, 0) is 51.6 Å². The van der Waals surface area contributed by atoms with Gasteiger partial charge in [0.2, 0.25) is 0 Å². The van der Waals surface area contributed by atoms with Crippen molar-refractivity contribution in [1.29, 1.82) is 0 Å². The van der Waals surface area contributed by atoms with Crippen LogP contribution in [0.15, 0.2) is 72.8 Å². The van der Waals surface area contributed by atoms with Gasteiger partial charge in [-0.1, -0.05) is 80.6 Å². The molecule has 4 rings (SSSR count). The molecule has 0 atom stereocenters. The van der Waals surface area contributed by atoms with Crippen LogP contribution in [0.25, 0.3) is 21.5 Å². The lowest BCUT2D eigenvalue weighted by Gasteiger charge is -2.15. The van der Waals surface area contributed by atoms with E-state index in [1.54, 1.807) is 0 Å². The largest absolute Gasteiger partial charge is 0.452 e. The molecule has 4 heteroatoms. The summed E-state index contributed by atoms with van der Waals surface area (Å²) in [5, 5.41) is 6.50. The van der Waals surface area contributed by atoms with Crippen LogP contribution in [0.5, 0.6) is 0 Å². The molecule has 0 spiro atoms. The number of nitrogens with one attached hydrogen (secondary N) is 1. The fourth-order valence-electron chi connectivity index (χ4n) is 4.02. The topological polar surface area (TPSA) is 55.4 Å². The van der Waals surface area contributed by atoms with Crippen molar-refractivity contribution in [3.05, 3.63) is 89.5 Å². The number of benzene rings is 4. The van der Waals surface area contributed by atoms with Crippen molar-refractivity contribution in [2.24, 2.45) is 0 Å². The highest BCUT2D eigenvalue weighted by Crippen LogP contribution is 2.29. The van der Waals surface area contributed by atoms with Gasteiger partial charge in [-0.15, -0.1) is 0 Å². The SMILES string of the molecule is CCc1cccc(CC)c1NC(=O)COC(=O)c1c2ccccc2cc2ccccc12. The van der Waals surface area contributed by atoms with E-state index in [9.17, 15) is 9.59 Å². The van der Waals surface area contributed by atoms with Gasteiger partial charge in [0.05, 0.1) is 5.56 Å². The van der Waals surface area contributed by atoms with Gasteiger partial charge in [0.15, 0.2) is 6.61 Å². The van der Waals surface area contributed by atoms with Gasteiger partial charge in [-0.25, -0.2) is 4.79 Å².